The molecular weight excluding hydrogens is 170 g/mol. The van der Waals surface area contributed by atoms with Gasteiger partial charge in [-0.05, 0) is 5.92 Å². The van der Waals surface area contributed by atoms with Gasteiger partial charge < -0.3 is 15.4 Å². The van der Waals surface area contributed by atoms with Crippen LogP contribution >= 0.6 is 0 Å². The Labute approximate surface area is 76.9 Å². The first kappa shape index (κ1) is 10.1. The lowest BCUT2D eigenvalue weighted by atomic mass is 10.1. The zero-order chi connectivity index (χ0) is 9.84. The number of hydrogen-bond acceptors (Lipinski definition) is 5. The van der Waals surface area contributed by atoms with E-state index < -0.39 is 6.04 Å². The highest BCUT2D eigenvalue weighted by molar-refractivity contribution is 4.92. The maximum Gasteiger partial charge on any atom is 0.245 e. The first-order valence-electron chi connectivity index (χ1n) is 4.32. The number of rotatable bonds is 4. The molecule has 0 aliphatic heterocycles. The van der Waals surface area contributed by atoms with Gasteiger partial charge in [-0.15, -0.1) is 0 Å². The average Bonchev–Trinajstić information content (AvgIpc) is 2.50. The Morgan fingerprint density at radius 3 is 2.77 bits per heavy atom. The van der Waals surface area contributed by atoms with Crippen LogP contribution in [-0.2, 0) is 6.42 Å². The maximum absolute atomic E-state index is 8.73. The molecule has 74 valence electrons. The SMILES string of the molecule is CC(C)Cc1noc([C@H](N)CO)n1. The summed E-state index contributed by atoms with van der Waals surface area (Å²) in [5, 5.41) is 12.5. The predicted molar refractivity (Wildman–Crippen MR) is 46.9 cm³/mol. The van der Waals surface area contributed by atoms with E-state index in [2.05, 4.69) is 24.0 Å². The molecule has 1 aromatic heterocycles. The van der Waals surface area contributed by atoms with Gasteiger partial charge in [0.15, 0.2) is 5.82 Å². The minimum absolute atomic E-state index is 0.177. The molecule has 0 bridgehead atoms. The minimum atomic E-state index is -0.562. The summed E-state index contributed by atoms with van der Waals surface area (Å²) in [5.74, 6) is 1.43. The van der Waals surface area contributed by atoms with E-state index in [1.165, 1.54) is 0 Å². The number of aromatic nitrogens is 2. The van der Waals surface area contributed by atoms with Crippen LogP contribution in [0.25, 0.3) is 0 Å². The van der Waals surface area contributed by atoms with Crippen LogP contribution in [-0.4, -0.2) is 21.9 Å². The lowest BCUT2D eigenvalue weighted by molar-refractivity contribution is 0.236. The number of hydrogen-bond donors (Lipinski definition) is 2. The summed E-state index contributed by atoms with van der Waals surface area (Å²) in [5.41, 5.74) is 5.49. The summed E-state index contributed by atoms with van der Waals surface area (Å²) in [7, 11) is 0. The van der Waals surface area contributed by atoms with Crippen molar-refractivity contribution in [2.75, 3.05) is 6.61 Å². The van der Waals surface area contributed by atoms with E-state index in [9.17, 15) is 0 Å². The van der Waals surface area contributed by atoms with Crippen LogP contribution in [0.3, 0.4) is 0 Å². The van der Waals surface area contributed by atoms with Crippen LogP contribution in [0.4, 0.5) is 0 Å². The van der Waals surface area contributed by atoms with Gasteiger partial charge in [0.05, 0.1) is 6.61 Å². The van der Waals surface area contributed by atoms with E-state index in [0.717, 1.165) is 6.42 Å². The Balaban J connectivity index is 2.63. The number of nitrogens with two attached hydrogens (primary N) is 1. The van der Waals surface area contributed by atoms with Crippen molar-refractivity contribution in [3.05, 3.63) is 11.7 Å². The van der Waals surface area contributed by atoms with E-state index in [1.54, 1.807) is 0 Å². The largest absolute Gasteiger partial charge is 0.394 e. The third kappa shape index (κ3) is 2.78. The molecule has 3 N–H and O–H groups in total. The Bertz CT molecular complexity index is 260. The van der Waals surface area contributed by atoms with Gasteiger partial charge in [-0.2, -0.15) is 4.98 Å². The lowest BCUT2D eigenvalue weighted by Crippen LogP contribution is -2.14. The number of aliphatic hydroxyl groups excluding tert-OH is 1. The zero-order valence-corrected chi connectivity index (χ0v) is 7.90. The van der Waals surface area contributed by atoms with Crippen molar-refractivity contribution in [2.45, 2.75) is 26.3 Å². The van der Waals surface area contributed by atoms with Crippen molar-refractivity contribution in [1.29, 1.82) is 0 Å². The quantitative estimate of drug-likeness (QED) is 0.702. The molecule has 0 fully saturated rings. The molecule has 0 saturated heterocycles. The molecule has 1 aromatic rings. The molecule has 0 radical (unpaired) electrons. The molecule has 13 heavy (non-hydrogen) atoms. The normalized spacial score (nSPS) is 13.6. The van der Waals surface area contributed by atoms with Crippen LogP contribution in [0.2, 0.25) is 0 Å². The molecule has 0 spiro atoms. The molecule has 0 aliphatic carbocycles. The fourth-order valence-electron chi connectivity index (χ4n) is 0.944. The molecule has 0 unspecified atom stereocenters. The van der Waals surface area contributed by atoms with Crippen molar-refractivity contribution >= 4 is 0 Å². The van der Waals surface area contributed by atoms with Crippen LogP contribution in [0, 0.1) is 5.92 Å². The third-order valence-corrected chi connectivity index (χ3v) is 1.59. The van der Waals surface area contributed by atoms with Crippen LogP contribution < -0.4 is 5.73 Å². The standard InChI is InChI=1S/C8H15N3O2/c1-5(2)3-7-10-8(13-11-7)6(9)4-12/h5-6,12H,3-4,9H2,1-2H3/t6-/m1/s1. The third-order valence-electron chi connectivity index (χ3n) is 1.59. The smallest absolute Gasteiger partial charge is 0.245 e. The molecule has 0 saturated carbocycles. The van der Waals surface area contributed by atoms with Crippen molar-refractivity contribution in [1.82, 2.24) is 10.1 Å². The Morgan fingerprint density at radius 2 is 2.23 bits per heavy atom. The second-order valence-corrected chi connectivity index (χ2v) is 3.44. The molecular formula is C8H15N3O2. The van der Waals surface area contributed by atoms with Crippen molar-refractivity contribution in [3.63, 3.8) is 0 Å². The van der Waals surface area contributed by atoms with Crippen LogP contribution in [0.1, 0.15) is 31.6 Å². The van der Waals surface area contributed by atoms with Gasteiger partial charge in [0.1, 0.15) is 6.04 Å². The lowest BCUT2D eigenvalue weighted by Gasteiger charge is -1.99. The topological polar surface area (TPSA) is 85.2 Å². The molecule has 0 aliphatic rings. The monoisotopic (exact) mass is 185 g/mol. The highest BCUT2D eigenvalue weighted by atomic mass is 16.5. The fraction of sp³-hybridized carbons (Fsp3) is 0.750. The van der Waals surface area contributed by atoms with Crippen molar-refractivity contribution in [2.24, 2.45) is 11.7 Å². The molecule has 0 amide bonds. The van der Waals surface area contributed by atoms with Gasteiger partial charge in [-0.25, -0.2) is 0 Å². The van der Waals surface area contributed by atoms with E-state index in [0.29, 0.717) is 17.6 Å². The second kappa shape index (κ2) is 4.34. The van der Waals surface area contributed by atoms with Gasteiger partial charge >= 0.3 is 0 Å². The summed E-state index contributed by atoms with van der Waals surface area (Å²) in [4.78, 5) is 4.06. The summed E-state index contributed by atoms with van der Waals surface area (Å²) >= 11 is 0. The highest BCUT2D eigenvalue weighted by Crippen LogP contribution is 2.09. The molecule has 1 rings (SSSR count). The molecule has 5 heteroatoms. The van der Waals surface area contributed by atoms with Gasteiger partial charge in [0.25, 0.3) is 0 Å². The van der Waals surface area contributed by atoms with Crippen LogP contribution in [0.5, 0.6) is 0 Å². The second-order valence-electron chi connectivity index (χ2n) is 3.44. The predicted octanol–water partition coefficient (Wildman–Crippen LogP) is 0.260. The summed E-state index contributed by atoms with van der Waals surface area (Å²) in [6.07, 6.45) is 0.766. The zero-order valence-electron chi connectivity index (χ0n) is 7.90. The Hall–Kier alpha value is -0.940. The molecule has 1 heterocycles. The van der Waals surface area contributed by atoms with E-state index >= 15 is 0 Å². The number of nitrogens with zero attached hydrogens (tertiary/aromatic N) is 2. The van der Waals surface area contributed by atoms with Gasteiger partial charge in [-0.3, -0.25) is 0 Å². The molecule has 5 nitrogen and oxygen atoms in total. The van der Waals surface area contributed by atoms with E-state index in [-0.39, 0.29) is 6.61 Å². The minimum Gasteiger partial charge on any atom is -0.394 e. The van der Waals surface area contributed by atoms with E-state index in [4.69, 9.17) is 15.4 Å². The van der Waals surface area contributed by atoms with Crippen molar-refractivity contribution < 1.29 is 9.63 Å². The fourth-order valence-corrected chi connectivity index (χ4v) is 0.944. The van der Waals surface area contributed by atoms with Crippen LogP contribution in [0.15, 0.2) is 4.52 Å². The average molecular weight is 185 g/mol. The first-order valence-corrected chi connectivity index (χ1v) is 4.32. The summed E-state index contributed by atoms with van der Waals surface area (Å²) < 4.78 is 4.87. The summed E-state index contributed by atoms with van der Waals surface area (Å²) in [6.45, 7) is 3.97. The maximum atomic E-state index is 8.73. The van der Waals surface area contributed by atoms with Gasteiger partial charge in [-0.1, -0.05) is 19.0 Å². The number of aliphatic hydroxyl groups is 1. The Morgan fingerprint density at radius 1 is 1.54 bits per heavy atom. The Kier molecular flexibility index (Phi) is 3.39. The van der Waals surface area contributed by atoms with Crippen molar-refractivity contribution in [3.8, 4) is 0 Å². The first-order chi connectivity index (χ1) is 6.13. The molecule has 1 atom stereocenters. The highest BCUT2D eigenvalue weighted by Gasteiger charge is 2.13. The molecule has 0 aromatic carbocycles. The van der Waals surface area contributed by atoms with Gasteiger partial charge in [0.2, 0.25) is 5.89 Å². The summed E-state index contributed by atoms with van der Waals surface area (Å²) in [6, 6.07) is -0.562. The van der Waals surface area contributed by atoms with E-state index in [1.807, 2.05) is 0 Å². The van der Waals surface area contributed by atoms with Gasteiger partial charge in [0, 0.05) is 6.42 Å².